The molecular formula is C24H27F3N4O2. The summed E-state index contributed by atoms with van der Waals surface area (Å²) < 4.78 is 39.3. The summed E-state index contributed by atoms with van der Waals surface area (Å²) in [4.78, 5) is 31.0. The third-order valence-electron chi connectivity index (χ3n) is 6.17. The van der Waals surface area contributed by atoms with E-state index < -0.39 is 17.6 Å². The number of nitrogens with one attached hydrogen (secondary N) is 1. The van der Waals surface area contributed by atoms with Gasteiger partial charge in [-0.2, -0.15) is 13.2 Å². The van der Waals surface area contributed by atoms with E-state index in [4.69, 9.17) is 0 Å². The number of amides is 2. The van der Waals surface area contributed by atoms with Gasteiger partial charge in [0.2, 0.25) is 11.8 Å². The number of benzene rings is 2. The molecule has 1 saturated heterocycles. The van der Waals surface area contributed by atoms with E-state index in [2.05, 4.69) is 16.3 Å². The molecule has 0 bridgehead atoms. The van der Waals surface area contributed by atoms with Crippen LogP contribution in [0.5, 0.6) is 0 Å². The molecule has 0 aromatic heterocycles. The molecule has 2 aliphatic heterocycles. The molecule has 0 atom stereocenters. The molecule has 0 unspecified atom stereocenters. The first-order valence-electron chi connectivity index (χ1n) is 11.1. The first-order chi connectivity index (χ1) is 15.8. The van der Waals surface area contributed by atoms with E-state index in [1.54, 1.807) is 0 Å². The van der Waals surface area contributed by atoms with Crippen molar-refractivity contribution in [3.63, 3.8) is 0 Å². The van der Waals surface area contributed by atoms with Gasteiger partial charge in [0.25, 0.3) is 0 Å². The molecule has 4 rings (SSSR count). The lowest BCUT2D eigenvalue weighted by Gasteiger charge is -2.34. The molecule has 0 aliphatic carbocycles. The fourth-order valence-electron chi connectivity index (χ4n) is 4.39. The summed E-state index contributed by atoms with van der Waals surface area (Å²) in [6, 6.07) is 12.9. The van der Waals surface area contributed by atoms with Crippen LogP contribution in [0.1, 0.15) is 17.5 Å². The Morgan fingerprint density at radius 1 is 0.879 bits per heavy atom. The largest absolute Gasteiger partial charge is 0.418 e. The van der Waals surface area contributed by atoms with E-state index in [1.165, 1.54) is 23.8 Å². The van der Waals surface area contributed by atoms with Gasteiger partial charge in [-0.1, -0.05) is 30.3 Å². The van der Waals surface area contributed by atoms with Gasteiger partial charge in [0.1, 0.15) is 0 Å². The minimum Gasteiger partial charge on any atom is -0.324 e. The van der Waals surface area contributed by atoms with Gasteiger partial charge in [-0.3, -0.25) is 14.5 Å². The maximum Gasteiger partial charge on any atom is 0.418 e. The molecule has 1 fully saturated rings. The molecule has 0 radical (unpaired) electrons. The Labute approximate surface area is 191 Å². The fourth-order valence-corrected chi connectivity index (χ4v) is 4.39. The van der Waals surface area contributed by atoms with Gasteiger partial charge >= 0.3 is 6.18 Å². The van der Waals surface area contributed by atoms with Gasteiger partial charge in [-0.15, -0.1) is 0 Å². The third kappa shape index (κ3) is 5.72. The Balaban J connectivity index is 1.21. The van der Waals surface area contributed by atoms with Gasteiger partial charge in [-0.05, 0) is 30.2 Å². The molecule has 2 heterocycles. The summed E-state index contributed by atoms with van der Waals surface area (Å²) in [6.07, 6.45) is -3.21. The van der Waals surface area contributed by atoms with Gasteiger partial charge in [-0.25, -0.2) is 0 Å². The number of carbonyl (C=O) groups excluding carboxylic acids is 2. The Morgan fingerprint density at radius 3 is 2.30 bits per heavy atom. The van der Waals surface area contributed by atoms with Crippen molar-refractivity contribution in [1.82, 2.24) is 9.80 Å². The highest BCUT2D eigenvalue weighted by Crippen LogP contribution is 2.34. The number of alkyl halides is 3. The summed E-state index contributed by atoms with van der Waals surface area (Å²) >= 11 is 0. The van der Waals surface area contributed by atoms with Crippen molar-refractivity contribution in [2.45, 2.75) is 19.0 Å². The zero-order valence-corrected chi connectivity index (χ0v) is 18.3. The van der Waals surface area contributed by atoms with Gasteiger partial charge < -0.3 is 15.1 Å². The predicted molar refractivity (Wildman–Crippen MR) is 120 cm³/mol. The van der Waals surface area contributed by atoms with E-state index in [0.717, 1.165) is 24.7 Å². The molecule has 2 amide bonds. The van der Waals surface area contributed by atoms with Crippen molar-refractivity contribution in [2.24, 2.45) is 0 Å². The highest BCUT2D eigenvalue weighted by Gasteiger charge is 2.33. The van der Waals surface area contributed by atoms with E-state index in [-0.39, 0.29) is 18.1 Å². The van der Waals surface area contributed by atoms with Crippen LogP contribution < -0.4 is 10.2 Å². The molecular weight excluding hydrogens is 433 g/mol. The zero-order valence-electron chi connectivity index (χ0n) is 18.3. The summed E-state index contributed by atoms with van der Waals surface area (Å²) in [7, 11) is 0. The van der Waals surface area contributed by atoms with Gasteiger partial charge in [0.05, 0.1) is 17.8 Å². The van der Waals surface area contributed by atoms with E-state index in [1.807, 2.05) is 28.0 Å². The van der Waals surface area contributed by atoms with Gasteiger partial charge in [0, 0.05) is 51.4 Å². The van der Waals surface area contributed by atoms with E-state index in [0.29, 0.717) is 39.1 Å². The number of nitrogens with zero attached hydrogens (tertiary/aromatic N) is 3. The maximum absolute atomic E-state index is 13.1. The third-order valence-corrected chi connectivity index (χ3v) is 6.17. The van der Waals surface area contributed by atoms with Crippen molar-refractivity contribution >= 4 is 23.2 Å². The predicted octanol–water partition coefficient (Wildman–Crippen LogP) is 3.24. The topological polar surface area (TPSA) is 55.9 Å². The Hall–Kier alpha value is -2.91. The second-order valence-electron chi connectivity index (χ2n) is 8.38. The van der Waals surface area contributed by atoms with Crippen molar-refractivity contribution in [3.05, 3.63) is 59.7 Å². The van der Waals surface area contributed by atoms with Crippen molar-refractivity contribution in [1.29, 1.82) is 0 Å². The average molecular weight is 461 g/mol. The number of para-hydroxylation sites is 2. The molecule has 1 N–H and O–H groups in total. The molecule has 2 aromatic rings. The highest BCUT2D eigenvalue weighted by molar-refractivity contribution is 5.95. The Bertz CT molecular complexity index is 1000. The maximum atomic E-state index is 13.1. The SMILES string of the molecule is O=C(CN1CCN(CCC(=O)N2CCc3ccccc32)CC1)Nc1ccccc1C(F)(F)F. The summed E-state index contributed by atoms with van der Waals surface area (Å²) in [5.41, 5.74) is 1.13. The van der Waals surface area contributed by atoms with Crippen LogP contribution in [0.2, 0.25) is 0 Å². The van der Waals surface area contributed by atoms with Crippen LogP contribution in [-0.4, -0.2) is 67.4 Å². The van der Waals surface area contributed by atoms with Crippen LogP contribution in [0.15, 0.2) is 48.5 Å². The van der Waals surface area contributed by atoms with Crippen LogP contribution >= 0.6 is 0 Å². The number of hydrogen-bond acceptors (Lipinski definition) is 4. The van der Waals surface area contributed by atoms with Crippen molar-refractivity contribution in [3.8, 4) is 0 Å². The van der Waals surface area contributed by atoms with Gasteiger partial charge in [0.15, 0.2) is 0 Å². The number of fused-ring (bicyclic) bond motifs is 1. The molecule has 6 nitrogen and oxygen atoms in total. The van der Waals surface area contributed by atoms with Crippen LogP contribution in [0.3, 0.4) is 0 Å². The van der Waals surface area contributed by atoms with Crippen molar-refractivity contribution < 1.29 is 22.8 Å². The first kappa shape index (κ1) is 23.3. The molecule has 9 heteroatoms. The molecule has 0 spiro atoms. The second-order valence-corrected chi connectivity index (χ2v) is 8.38. The van der Waals surface area contributed by atoms with Crippen LogP contribution in [0.25, 0.3) is 0 Å². The average Bonchev–Trinajstić information content (AvgIpc) is 3.22. The fraction of sp³-hybridized carbons (Fsp3) is 0.417. The standard InChI is InChI=1S/C24H27F3N4O2/c25-24(26,27)19-6-2-3-7-20(19)28-22(32)17-30-15-13-29(14-16-30)11-10-23(33)31-12-9-18-5-1-4-8-21(18)31/h1-8H,9-17H2,(H,28,32). The monoisotopic (exact) mass is 460 g/mol. The highest BCUT2D eigenvalue weighted by atomic mass is 19.4. The minimum atomic E-state index is -4.52. The number of carbonyl (C=O) groups is 2. The lowest BCUT2D eigenvalue weighted by molar-refractivity contribution is -0.137. The van der Waals surface area contributed by atoms with Crippen LogP contribution in [0, 0.1) is 0 Å². The molecule has 0 saturated carbocycles. The van der Waals surface area contributed by atoms with Crippen molar-refractivity contribution in [2.75, 3.05) is 56.0 Å². The summed E-state index contributed by atoms with van der Waals surface area (Å²) in [6.45, 7) is 4.05. The number of hydrogen-bond donors (Lipinski definition) is 1. The summed E-state index contributed by atoms with van der Waals surface area (Å²) in [5, 5.41) is 2.39. The zero-order chi connectivity index (χ0) is 23.4. The molecule has 2 aromatic carbocycles. The number of piperazine rings is 1. The lowest BCUT2D eigenvalue weighted by Crippen LogP contribution is -2.49. The lowest BCUT2D eigenvalue weighted by atomic mass is 10.1. The van der Waals surface area contributed by atoms with E-state index in [9.17, 15) is 22.8 Å². The quantitative estimate of drug-likeness (QED) is 0.719. The molecule has 33 heavy (non-hydrogen) atoms. The molecule has 176 valence electrons. The smallest absolute Gasteiger partial charge is 0.324 e. The number of halogens is 3. The van der Waals surface area contributed by atoms with Crippen LogP contribution in [0.4, 0.5) is 24.5 Å². The number of anilines is 2. The summed E-state index contributed by atoms with van der Waals surface area (Å²) in [5.74, 6) is -0.354. The molecule has 2 aliphatic rings. The minimum absolute atomic E-state index is 0.0313. The van der Waals surface area contributed by atoms with E-state index >= 15 is 0 Å². The van der Waals surface area contributed by atoms with Crippen LogP contribution in [-0.2, 0) is 22.2 Å². The normalized spacial score (nSPS) is 17.1. The second kappa shape index (κ2) is 9.93. The number of rotatable bonds is 6. The Kier molecular flexibility index (Phi) is 6.99. The Morgan fingerprint density at radius 2 is 1.55 bits per heavy atom. The first-order valence-corrected chi connectivity index (χ1v) is 11.1.